The van der Waals surface area contributed by atoms with Crippen molar-refractivity contribution in [1.82, 2.24) is 10.2 Å². The molecule has 138 valence electrons. The zero-order chi connectivity index (χ0) is 19.6. The fourth-order valence-electron chi connectivity index (χ4n) is 2.36. The average Bonchev–Trinajstić information content (AvgIpc) is 3.11. The number of ether oxygens (including phenoxy) is 1. The van der Waals surface area contributed by atoms with Crippen molar-refractivity contribution in [1.29, 1.82) is 0 Å². The molecule has 0 spiro atoms. The molecule has 0 aliphatic carbocycles. The van der Waals surface area contributed by atoms with Gasteiger partial charge in [0.25, 0.3) is 11.6 Å². The van der Waals surface area contributed by atoms with Gasteiger partial charge in [-0.2, -0.15) is 5.10 Å². The van der Waals surface area contributed by atoms with E-state index in [-0.39, 0.29) is 22.8 Å². The summed E-state index contributed by atoms with van der Waals surface area (Å²) < 4.78 is 5.10. The molecule has 3 rings (SSSR count). The smallest absolute Gasteiger partial charge is 0.273 e. The quantitative estimate of drug-likeness (QED) is 0.476. The molecular formula is C17H12Cl2N4O4. The van der Waals surface area contributed by atoms with Crippen LogP contribution in [0.4, 0.5) is 11.4 Å². The van der Waals surface area contributed by atoms with E-state index in [0.717, 1.165) is 0 Å². The number of aromatic nitrogens is 2. The first kappa shape index (κ1) is 18.7. The van der Waals surface area contributed by atoms with E-state index in [9.17, 15) is 14.9 Å². The highest BCUT2D eigenvalue weighted by atomic mass is 35.5. The molecule has 0 radical (unpaired) electrons. The molecule has 1 amide bonds. The molecule has 0 atom stereocenters. The number of non-ortho nitro benzene ring substituents is 1. The summed E-state index contributed by atoms with van der Waals surface area (Å²) in [6, 6.07) is 10.4. The maximum absolute atomic E-state index is 12.5. The molecule has 27 heavy (non-hydrogen) atoms. The first-order chi connectivity index (χ1) is 12.9. The lowest BCUT2D eigenvalue weighted by molar-refractivity contribution is -0.384. The number of nitro groups is 1. The number of hydrogen-bond donors (Lipinski definition) is 2. The van der Waals surface area contributed by atoms with Crippen LogP contribution in [0.5, 0.6) is 5.75 Å². The molecule has 0 fully saturated rings. The highest BCUT2D eigenvalue weighted by Crippen LogP contribution is 2.31. The minimum absolute atomic E-state index is 0.147. The predicted molar refractivity (Wildman–Crippen MR) is 102 cm³/mol. The van der Waals surface area contributed by atoms with Gasteiger partial charge in [0, 0.05) is 16.7 Å². The first-order valence-corrected chi connectivity index (χ1v) is 8.29. The number of rotatable bonds is 5. The summed E-state index contributed by atoms with van der Waals surface area (Å²) in [5, 5.41) is 21.1. The van der Waals surface area contributed by atoms with Crippen molar-refractivity contribution in [3.8, 4) is 17.0 Å². The van der Waals surface area contributed by atoms with Crippen molar-refractivity contribution < 1.29 is 14.5 Å². The Morgan fingerprint density at radius 1 is 1.22 bits per heavy atom. The van der Waals surface area contributed by atoms with Crippen molar-refractivity contribution in [3.05, 3.63) is 68.3 Å². The lowest BCUT2D eigenvalue weighted by atomic mass is 10.1. The van der Waals surface area contributed by atoms with Crippen LogP contribution < -0.4 is 10.1 Å². The molecule has 1 aromatic heterocycles. The number of aromatic amines is 1. The second-order valence-electron chi connectivity index (χ2n) is 5.39. The fraction of sp³-hybridized carbons (Fsp3) is 0.0588. The van der Waals surface area contributed by atoms with E-state index in [1.54, 1.807) is 18.2 Å². The van der Waals surface area contributed by atoms with E-state index < -0.39 is 10.8 Å². The standard InChI is InChI=1S/C17H12Cl2N4O4/c1-27-16-7-10(23(25)26)3-5-13(16)20-17(24)15-8-14(21-22-15)11-4-2-9(18)6-12(11)19/h2-8H,1H3,(H,20,24)(H,21,22). The first-order valence-electron chi connectivity index (χ1n) is 7.53. The molecular weight excluding hydrogens is 395 g/mol. The molecule has 0 aliphatic heterocycles. The Morgan fingerprint density at radius 3 is 2.67 bits per heavy atom. The number of benzene rings is 2. The second-order valence-corrected chi connectivity index (χ2v) is 6.23. The second kappa shape index (κ2) is 7.65. The van der Waals surface area contributed by atoms with Crippen molar-refractivity contribution in [2.75, 3.05) is 12.4 Å². The van der Waals surface area contributed by atoms with Gasteiger partial charge < -0.3 is 10.1 Å². The normalized spacial score (nSPS) is 10.5. The Morgan fingerprint density at radius 2 is 2.00 bits per heavy atom. The van der Waals surface area contributed by atoms with Gasteiger partial charge in [-0.25, -0.2) is 0 Å². The van der Waals surface area contributed by atoms with Crippen LogP contribution in [0.1, 0.15) is 10.5 Å². The molecule has 8 nitrogen and oxygen atoms in total. The monoisotopic (exact) mass is 406 g/mol. The number of carbonyl (C=O) groups is 1. The maximum atomic E-state index is 12.5. The number of carbonyl (C=O) groups excluding carboxylic acids is 1. The van der Waals surface area contributed by atoms with Crippen LogP contribution >= 0.6 is 23.2 Å². The summed E-state index contributed by atoms with van der Waals surface area (Å²) in [5.74, 6) is -0.330. The van der Waals surface area contributed by atoms with Crippen molar-refractivity contribution in [2.45, 2.75) is 0 Å². The van der Waals surface area contributed by atoms with Crippen LogP contribution in [0.25, 0.3) is 11.3 Å². The number of halogens is 2. The average molecular weight is 407 g/mol. The molecule has 0 bridgehead atoms. The number of hydrogen-bond acceptors (Lipinski definition) is 5. The fourth-order valence-corrected chi connectivity index (χ4v) is 2.86. The number of nitrogens with one attached hydrogen (secondary N) is 2. The third-order valence-electron chi connectivity index (χ3n) is 3.67. The van der Waals surface area contributed by atoms with Gasteiger partial charge in [-0.1, -0.05) is 23.2 Å². The number of nitro benzene ring substituents is 1. The predicted octanol–water partition coefficient (Wildman–Crippen LogP) is 4.55. The Kier molecular flexibility index (Phi) is 5.29. The number of amides is 1. The van der Waals surface area contributed by atoms with E-state index >= 15 is 0 Å². The van der Waals surface area contributed by atoms with Gasteiger partial charge in [0.05, 0.1) is 34.5 Å². The van der Waals surface area contributed by atoms with Gasteiger partial charge >= 0.3 is 0 Å². The summed E-state index contributed by atoms with van der Waals surface area (Å²) in [5.41, 5.74) is 1.40. The summed E-state index contributed by atoms with van der Waals surface area (Å²) in [6.45, 7) is 0. The van der Waals surface area contributed by atoms with Crippen molar-refractivity contribution >= 4 is 40.5 Å². The topological polar surface area (TPSA) is 110 Å². The van der Waals surface area contributed by atoms with Crippen LogP contribution in [-0.2, 0) is 0 Å². The van der Waals surface area contributed by atoms with Gasteiger partial charge in [-0.15, -0.1) is 0 Å². The van der Waals surface area contributed by atoms with Crippen LogP contribution in [0.3, 0.4) is 0 Å². The molecule has 0 saturated heterocycles. The number of anilines is 1. The molecule has 0 saturated carbocycles. The lowest BCUT2D eigenvalue weighted by Gasteiger charge is -2.09. The maximum Gasteiger partial charge on any atom is 0.273 e. The Bertz CT molecular complexity index is 1040. The van der Waals surface area contributed by atoms with Gasteiger partial charge in [-0.05, 0) is 30.3 Å². The molecule has 3 aromatic rings. The SMILES string of the molecule is COc1cc([N+](=O)[O-])ccc1NC(=O)c1cc(-c2ccc(Cl)cc2Cl)n[nH]1. The minimum atomic E-state index is -0.550. The van der Waals surface area contributed by atoms with Crippen LogP contribution in [0, 0.1) is 10.1 Å². The number of nitrogens with zero attached hydrogens (tertiary/aromatic N) is 2. The molecule has 0 aliphatic rings. The highest BCUT2D eigenvalue weighted by molar-refractivity contribution is 6.36. The third kappa shape index (κ3) is 4.02. The zero-order valence-corrected chi connectivity index (χ0v) is 15.3. The van der Waals surface area contributed by atoms with Crippen LogP contribution in [0.15, 0.2) is 42.5 Å². The lowest BCUT2D eigenvalue weighted by Crippen LogP contribution is -2.13. The molecule has 1 heterocycles. The van der Waals surface area contributed by atoms with E-state index in [1.165, 1.54) is 31.4 Å². The van der Waals surface area contributed by atoms with Crippen molar-refractivity contribution in [2.24, 2.45) is 0 Å². The van der Waals surface area contributed by atoms with E-state index in [1.807, 2.05) is 0 Å². The minimum Gasteiger partial charge on any atom is -0.494 e. The van der Waals surface area contributed by atoms with E-state index in [4.69, 9.17) is 27.9 Å². The summed E-state index contributed by atoms with van der Waals surface area (Å²) >= 11 is 12.0. The molecule has 0 unspecified atom stereocenters. The highest BCUT2D eigenvalue weighted by Gasteiger charge is 2.17. The third-order valence-corrected chi connectivity index (χ3v) is 4.22. The van der Waals surface area contributed by atoms with Crippen molar-refractivity contribution in [3.63, 3.8) is 0 Å². The molecule has 2 aromatic carbocycles. The van der Waals surface area contributed by atoms with E-state index in [0.29, 0.717) is 21.3 Å². The Labute approximate surface area is 163 Å². The molecule has 2 N–H and O–H groups in total. The summed E-state index contributed by atoms with van der Waals surface area (Å²) in [4.78, 5) is 22.7. The Balaban J connectivity index is 1.83. The number of methoxy groups -OCH3 is 1. The summed E-state index contributed by atoms with van der Waals surface area (Å²) in [6.07, 6.45) is 0. The van der Waals surface area contributed by atoms with Gasteiger partial charge in [0.2, 0.25) is 0 Å². The number of H-pyrrole nitrogens is 1. The van der Waals surface area contributed by atoms with Crippen LogP contribution in [0.2, 0.25) is 10.0 Å². The van der Waals surface area contributed by atoms with Gasteiger partial charge in [-0.3, -0.25) is 20.0 Å². The zero-order valence-electron chi connectivity index (χ0n) is 13.8. The van der Waals surface area contributed by atoms with Gasteiger partial charge in [0.1, 0.15) is 11.4 Å². The summed E-state index contributed by atoms with van der Waals surface area (Å²) in [7, 11) is 1.35. The largest absolute Gasteiger partial charge is 0.494 e. The van der Waals surface area contributed by atoms with Gasteiger partial charge in [0.15, 0.2) is 0 Å². The van der Waals surface area contributed by atoms with E-state index in [2.05, 4.69) is 15.5 Å². The molecule has 10 heteroatoms. The Hall–Kier alpha value is -3.10. The van der Waals surface area contributed by atoms with Crippen LogP contribution in [-0.4, -0.2) is 28.1 Å².